The number of rotatable bonds is 4. The number of hydrogen-bond donors (Lipinski definition) is 1. The molecule has 1 heterocycles. The lowest BCUT2D eigenvalue weighted by molar-refractivity contribution is -0.387. The van der Waals surface area contributed by atoms with Gasteiger partial charge in [-0.05, 0) is 6.92 Å². The molecule has 0 aromatic carbocycles. The highest BCUT2D eigenvalue weighted by molar-refractivity contribution is 7.86. The number of nitro groups is 1. The van der Waals surface area contributed by atoms with Gasteiger partial charge in [-0.25, -0.2) is 0 Å². The second-order valence-corrected chi connectivity index (χ2v) is 5.38. The Morgan fingerprint density at radius 2 is 2.38 bits per heavy atom. The van der Waals surface area contributed by atoms with E-state index >= 15 is 0 Å². The molecule has 0 aliphatic rings. The monoisotopic (exact) mass is 262 g/mol. The van der Waals surface area contributed by atoms with Crippen LogP contribution in [0, 0.1) is 15.5 Å². The molecule has 0 bridgehead atoms. The molecule has 0 fully saturated rings. The fourth-order valence-corrected chi connectivity index (χ4v) is 2.95. The van der Waals surface area contributed by atoms with Crippen LogP contribution in [0.25, 0.3) is 0 Å². The molecule has 1 unspecified atom stereocenters. The van der Waals surface area contributed by atoms with Crippen molar-refractivity contribution in [2.75, 3.05) is 12.9 Å². The van der Waals surface area contributed by atoms with Crippen molar-refractivity contribution in [3.05, 3.63) is 21.1 Å². The molecule has 88 valence electrons. The summed E-state index contributed by atoms with van der Waals surface area (Å²) < 4.78 is 16.4. The zero-order valence-corrected chi connectivity index (χ0v) is 10.3. The summed E-state index contributed by atoms with van der Waals surface area (Å²) in [6, 6.07) is 1.22. The average Bonchev–Trinajstić information content (AvgIpc) is 2.62. The molecule has 0 amide bonds. The molecule has 0 spiro atoms. The molecule has 0 aliphatic heterocycles. The molecule has 0 aliphatic carbocycles. The van der Waals surface area contributed by atoms with Gasteiger partial charge in [0.25, 0.3) is 5.69 Å². The van der Waals surface area contributed by atoms with Crippen LogP contribution in [-0.2, 0) is 15.5 Å². The van der Waals surface area contributed by atoms with Crippen molar-refractivity contribution >= 4 is 33.7 Å². The highest BCUT2D eigenvalue weighted by Crippen LogP contribution is 2.32. The van der Waals surface area contributed by atoms with E-state index in [2.05, 4.69) is 0 Å². The van der Waals surface area contributed by atoms with E-state index < -0.39 is 15.7 Å². The van der Waals surface area contributed by atoms with E-state index in [0.717, 1.165) is 11.3 Å². The molecule has 8 heteroatoms. The van der Waals surface area contributed by atoms with Gasteiger partial charge in [-0.2, -0.15) is 0 Å². The van der Waals surface area contributed by atoms with E-state index in [0.29, 0.717) is 11.5 Å². The fraction of sp³-hybridized carbons (Fsp3) is 0.375. The molecule has 0 saturated carbocycles. The molecule has 16 heavy (non-hydrogen) atoms. The molecule has 1 N–H and O–H groups in total. The molecule has 0 radical (unpaired) electrons. The van der Waals surface area contributed by atoms with Crippen molar-refractivity contribution in [1.82, 2.24) is 0 Å². The Morgan fingerprint density at radius 3 is 2.75 bits per heavy atom. The van der Waals surface area contributed by atoms with Crippen molar-refractivity contribution in [3.63, 3.8) is 0 Å². The van der Waals surface area contributed by atoms with Crippen LogP contribution >= 0.6 is 11.3 Å². The van der Waals surface area contributed by atoms with Gasteiger partial charge in [0.1, 0.15) is 0 Å². The zero-order valence-electron chi connectivity index (χ0n) is 8.68. The Bertz CT molecular complexity index is 423. The van der Waals surface area contributed by atoms with E-state index in [1.807, 2.05) is 0 Å². The van der Waals surface area contributed by atoms with E-state index in [-0.39, 0.29) is 15.8 Å². The maximum atomic E-state index is 11.3. The third-order valence-corrected chi connectivity index (χ3v) is 4.25. The third kappa shape index (κ3) is 2.64. The van der Waals surface area contributed by atoms with E-state index in [4.69, 9.17) is 10.1 Å². The van der Waals surface area contributed by atoms with Gasteiger partial charge in [0.2, 0.25) is 5.90 Å². The van der Waals surface area contributed by atoms with E-state index in [1.165, 1.54) is 12.3 Å². The molecule has 1 aromatic heterocycles. The average molecular weight is 262 g/mol. The third-order valence-electron chi connectivity index (χ3n) is 1.65. The summed E-state index contributed by atoms with van der Waals surface area (Å²) in [5.41, 5.74) is -0.217. The summed E-state index contributed by atoms with van der Waals surface area (Å²) in [7, 11) is -1.44. The van der Waals surface area contributed by atoms with Crippen molar-refractivity contribution in [1.29, 1.82) is 5.41 Å². The van der Waals surface area contributed by atoms with Gasteiger partial charge in [0, 0.05) is 12.3 Å². The number of thiophene rings is 1. The minimum atomic E-state index is -1.44. The van der Waals surface area contributed by atoms with Crippen LogP contribution in [0.1, 0.15) is 11.8 Å². The zero-order chi connectivity index (χ0) is 12.3. The Morgan fingerprint density at radius 1 is 1.75 bits per heavy atom. The summed E-state index contributed by atoms with van der Waals surface area (Å²) >= 11 is 0.953. The summed E-state index contributed by atoms with van der Waals surface area (Å²) in [4.78, 5) is 10.4. The smallest absolute Gasteiger partial charge is 0.297 e. The van der Waals surface area contributed by atoms with Gasteiger partial charge >= 0.3 is 0 Å². The van der Waals surface area contributed by atoms with Crippen LogP contribution in [0.2, 0.25) is 0 Å². The standard InChI is InChI=1S/C8H10N2O4S2/c1-3-14-7(9)6-4-5(10(11)12)8(15-6)16(2)13/h4,9H,3H2,1-2H3. The second kappa shape index (κ2) is 5.17. The highest BCUT2D eigenvalue weighted by Gasteiger charge is 2.23. The van der Waals surface area contributed by atoms with Gasteiger partial charge < -0.3 is 4.74 Å². The number of nitrogens with one attached hydrogen (secondary N) is 1. The molecule has 1 atom stereocenters. The molecular formula is C8H10N2O4S2. The summed E-state index contributed by atoms with van der Waals surface area (Å²) in [6.07, 6.45) is 1.37. The SMILES string of the molecule is CCOC(=N)c1cc([N+](=O)[O-])c(S(C)=O)s1. The van der Waals surface area contributed by atoms with Gasteiger partial charge in [-0.15, -0.1) is 11.3 Å². The van der Waals surface area contributed by atoms with E-state index in [9.17, 15) is 14.3 Å². The second-order valence-electron chi connectivity index (χ2n) is 2.76. The Hall–Kier alpha value is -1.28. The maximum absolute atomic E-state index is 11.3. The number of nitrogens with zero attached hydrogens (tertiary/aromatic N) is 1. The summed E-state index contributed by atoms with van der Waals surface area (Å²) in [5, 5.41) is 18.2. The van der Waals surface area contributed by atoms with Crippen molar-refractivity contribution in [2.24, 2.45) is 0 Å². The first-order chi connectivity index (χ1) is 7.47. The van der Waals surface area contributed by atoms with Gasteiger partial charge in [-0.1, -0.05) is 0 Å². The lowest BCUT2D eigenvalue weighted by Gasteiger charge is -1.99. The topological polar surface area (TPSA) is 93.3 Å². The van der Waals surface area contributed by atoms with Crippen LogP contribution in [0.3, 0.4) is 0 Å². The predicted molar refractivity (Wildman–Crippen MR) is 61.8 cm³/mol. The lowest BCUT2D eigenvalue weighted by atomic mass is 10.4. The fourth-order valence-electron chi connectivity index (χ4n) is 1.03. The molecule has 0 saturated heterocycles. The first-order valence-electron chi connectivity index (χ1n) is 4.30. The Balaban J connectivity index is 3.16. The van der Waals surface area contributed by atoms with Gasteiger partial charge in [-0.3, -0.25) is 19.7 Å². The van der Waals surface area contributed by atoms with Crippen molar-refractivity contribution < 1.29 is 13.9 Å². The Kier molecular flexibility index (Phi) is 4.13. The first kappa shape index (κ1) is 12.8. The van der Waals surface area contributed by atoms with Crippen LogP contribution in [0.5, 0.6) is 0 Å². The van der Waals surface area contributed by atoms with Crippen LogP contribution < -0.4 is 0 Å². The summed E-state index contributed by atoms with van der Waals surface area (Å²) in [5.74, 6) is -0.132. The van der Waals surface area contributed by atoms with E-state index in [1.54, 1.807) is 6.92 Å². The number of ether oxygens (including phenoxy) is 1. The maximum Gasteiger partial charge on any atom is 0.297 e. The van der Waals surface area contributed by atoms with Crippen molar-refractivity contribution in [2.45, 2.75) is 11.1 Å². The van der Waals surface area contributed by atoms with Crippen LogP contribution in [0.15, 0.2) is 10.3 Å². The largest absolute Gasteiger partial charge is 0.477 e. The minimum Gasteiger partial charge on any atom is -0.477 e. The first-order valence-corrected chi connectivity index (χ1v) is 6.68. The minimum absolute atomic E-state index is 0.132. The van der Waals surface area contributed by atoms with Crippen LogP contribution in [-0.4, -0.2) is 27.9 Å². The quantitative estimate of drug-likeness (QED) is 0.387. The summed E-state index contributed by atoms with van der Waals surface area (Å²) in [6.45, 7) is 2.03. The normalized spacial score (nSPS) is 12.1. The lowest BCUT2D eigenvalue weighted by Crippen LogP contribution is -2.01. The predicted octanol–water partition coefficient (Wildman–Crippen LogP) is 1.76. The van der Waals surface area contributed by atoms with Crippen molar-refractivity contribution in [3.8, 4) is 0 Å². The number of hydrogen-bond acceptors (Lipinski definition) is 6. The Labute approximate surface area is 98.4 Å². The van der Waals surface area contributed by atoms with Crippen LogP contribution in [0.4, 0.5) is 5.69 Å². The highest BCUT2D eigenvalue weighted by atomic mass is 32.2. The van der Waals surface area contributed by atoms with Gasteiger partial charge in [0.05, 0.1) is 27.2 Å². The molecule has 1 rings (SSSR count). The van der Waals surface area contributed by atoms with Gasteiger partial charge in [0.15, 0.2) is 4.21 Å². The molecule has 6 nitrogen and oxygen atoms in total. The molecular weight excluding hydrogens is 252 g/mol. The molecule has 1 aromatic rings.